The van der Waals surface area contributed by atoms with E-state index in [0.29, 0.717) is 5.75 Å². The van der Waals surface area contributed by atoms with Crippen LogP contribution in [0.4, 0.5) is 0 Å². The molecule has 1 unspecified atom stereocenters. The van der Waals surface area contributed by atoms with Crippen LogP contribution in [0.2, 0.25) is 0 Å². The van der Waals surface area contributed by atoms with Crippen molar-refractivity contribution in [1.82, 2.24) is 10.3 Å². The Morgan fingerprint density at radius 2 is 2.17 bits per heavy atom. The molecule has 4 nitrogen and oxygen atoms in total. The summed E-state index contributed by atoms with van der Waals surface area (Å²) in [4.78, 5) is 5.39. The van der Waals surface area contributed by atoms with Gasteiger partial charge in [-0.3, -0.25) is 4.98 Å². The first-order valence-corrected chi connectivity index (χ1v) is 8.97. The lowest BCUT2D eigenvalue weighted by Crippen LogP contribution is -2.18. The fraction of sp³-hybridized carbons (Fsp3) is 0.583. The second kappa shape index (κ2) is 7.11. The zero-order valence-corrected chi connectivity index (χ0v) is 12.6. The summed E-state index contributed by atoms with van der Waals surface area (Å²) in [5.41, 5.74) is 1.00. The Bertz CT molecular complexity index is 457. The Morgan fingerprint density at radius 3 is 2.67 bits per heavy atom. The maximum absolute atomic E-state index is 11.0. The van der Waals surface area contributed by atoms with Crippen molar-refractivity contribution in [3.8, 4) is 0 Å². The molecule has 6 heteroatoms. The molecule has 0 fully saturated rings. The monoisotopic (exact) mass is 288 g/mol. The second-order valence-electron chi connectivity index (χ2n) is 4.18. The van der Waals surface area contributed by atoms with Crippen molar-refractivity contribution < 1.29 is 8.42 Å². The third-order valence-corrected chi connectivity index (χ3v) is 4.62. The number of rotatable bonds is 7. The highest BCUT2D eigenvalue weighted by Gasteiger charge is 2.06. The third kappa shape index (κ3) is 5.84. The van der Waals surface area contributed by atoms with Gasteiger partial charge in [-0.25, -0.2) is 8.42 Å². The number of thioether (sulfide) groups is 1. The summed E-state index contributed by atoms with van der Waals surface area (Å²) in [5, 5.41) is 3.30. The Morgan fingerprint density at radius 1 is 1.44 bits per heavy atom. The average molecular weight is 288 g/mol. The second-order valence-corrected chi connectivity index (χ2v) is 7.60. The molecule has 1 heterocycles. The van der Waals surface area contributed by atoms with Gasteiger partial charge in [-0.15, -0.1) is 11.8 Å². The molecule has 1 atom stereocenters. The molecule has 0 aliphatic rings. The molecular weight excluding hydrogens is 268 g/mol. The Labute approximate surface area is 114 Å². The number of nitrogens with zero attached hydrogens (tertiary/aromatic N) is 1. The van der Waals surface area contributed by atoms with E-state index >= 15 is 0 Å². The van der Waals surface area contributed by atoms with Gasteiger partial charge in [0.25, 0.3) is 0 Å². The van der Waals surface area contributed by atoms with Crippen molar-refractivity contribution in [2.45, 2.75) is 24.8 Å². The Balaban J connectivity index is 2.50. The SMILES string of the molecule is CCNC(C)c1ccc(SCCS(C)(=O)=O)cn1. The van der Waals surface area contributed by atoms with Crippen molar-refractivity contribution >= 4 is 21.6 Å². The molecule has 18 heavy (non-hydrogen) atoms. The van der Waals surface area contributed by atoms with E-state index in [-0.39, 0.29) is 11.8 Å². The number of hydrogen-bond acceptors (Lipinski definition) is 5. The quantitative estimate of drug-likeness (QED) is 0.776. The molecule has 0 aromatic carbocycles. The summed E-state index contributed by atoms with van der Waals surface area (Å²) in [6.07, 6.45) is 3.06. The van der Waals surface area contributed by atoms with E-state index in [4.69, 9.17) is 0 Å². The molecule has 0 saturated heterocycles. The van der Waals surface area contributed by atoms with Crippen molar-refractivity contribution in [2.24, 2.45) is 0 Å². The first kappa shape index (κ1) is 15.5. The van der Waals surface area contributed by atoms with Crippen LogP contribution in [0, 0.1) is 0 Å². The maximum atomic E-state index is 11.0. The van der Waals surface area contributed by atoms with E-state index in [1.165, 1.54) is 18.0 Å². The Hall–Kier alpha value is -0.590. The van der Waals surface area contributed by atoms with Crippen molar-refractivity contribution in [3.05, 3.63) is 24.0 Å². The van der Waals surface area contributed by atoms with E-state index in [9.17, 15) is 8.42 Å². The summed E-state index contributed by atoms with van der Waals surface area (Å²) in [7, 11) is -2.87. The highest BCUT2D eigenvalue weighted by atomic mass is 32.2. The van der Waals surface area contributed by atoms with E-state index in [1.807, 2.05) is 12.1 Å². The lowest BCUT2D eigenvalue weighted by molar-refractivity contribution is 0.582. The molecular formula is C12H20N2O2S2. The molecule has 1 aromatic rings. The van der Waals surface area contributed by atoms with E-state index in [0.717, 1.165) is 17.1 Å². The van der Waals surface area contributed by atoms with Crippen LogP contribution in [0.5, 0.6) is 0 Å². The molecule has 1 rings (SSSR count). The van der Waals surface area contributed by atoms with Crippen LogP contribution in [-0.4, -0.2) is 37.7 Å². The summed E-state index contributed by atoms with van der Waals surface area (Å²) in [6.45, 7) is 5.04. The number of nitrogens with one attached hydrogen (secondary N) is 1. The normalized spacial score (nSPS) is 13.5. The minimum absolute atomic E-state index is 0.202. The Kier molecular flexibility index (Phi) is 6.11. The molecule has 0 bridgehead atoms. The first-order chi connectivity index (χ1) is 8.42. The zero-order valence-electron chi connectivity index (χ0n) is 11.0. The summed E-state index contributed by atoms with van der Waals surface area (Å²) in [6, 6.07) is 4.21. The molecule has 1 aromatic heterocycles. The van der Waals surface area contributed by atoms with Crippen LogP contribution < -0.4 is 5.32 Å². The molecule has 1 N–H and O–H groups in total. The van der Waals surface area contributed by atoms with Gasteiger partial charge in [0.1, 0.15) is 9.84 Å². The minimum atomic E-state index is -2.87. The molecule has 102 valence electrons. The third-order valence-electron chi connectivity index (χ3n) is 2.44. The van der Waals surface area contributed by atoms with Gasteiger partial charge in [0.2, 0.25) is 0 Å². The number of aromatic nitrogens is 1. The van der Waals surface area contributed by atoms with Gasteiger partial charge in [-0.2, -0.15) is 0 Å². The van der Waals surface area contributed by atoms with Gasteiger partial charge in [0.15, 0.2) is 0 Å². The largest absolute Gasteiger partial charge is 0.309 e. The fourth-order valence-electron chi connectivity index (χ4n) is 1.45. The lowest BCUT2D eigenvalue weighted by atomic mass is 10.2. The number of pyridine rings is 1. The smallest absolute Gasteiger partial charge is 0.148 e. The molecule has 0 aliphatic carbocycles. The predicted octanol–water partition coefficient (Wildman–Crippen LogP) is 1.89. The van der Waals surface area contributed by atoms with E-state index in [2.05, 4.69) is 24.1 Å². The van der Waals surface area contributed by atoms with Crippen LogP contribution in [0.3, 0.4) is 0 Å². The van der Waals surface area contributed by atoms with Gasteiger partial charge in [0.05, 0.1) is 11.4 Å². The van der Waals surface area contributed by atoms with Crippen molar-refractivity contribution in [2.75, 3.05) is 24.3 Å². The van der Waals surface area contributed by atoms with Gasteiger partial charge >= 0.3 is 0 Å². The highest BCUT2D eigenvalue weighted by molar-refractivity contribution is 8.00. The van der Waals surface area contributed by atoms with Crippen LogP contribution in [0.1, 0.15) is 25.6 Å². The predicted molar refractivity (Wildman–Crippen MR) is 76.8 cm³/mol. The van der Waals surface area contributed by atoms with Crippen molar-refractivity contribution in [1.29, 1.82) is 0 Å². The van der Waals surface area contributed by atoms with Crippen molar-refractivity contribution in [3.63, 3.8) is 0 Å². The van der Waals surface area contributed by atoms with Crippen LogP contribution >= 0.6 is 11.8 Å². The van der Waals surface area contributed by atoms with Crippen LogP contribution in [-0.2, 0) is 9.84 Å². The van der Waals surface area contributed by atoms with Gasteiger partial charge in [0, 0.05) is 29.1 Å². The topological polar surface area (TPSA) is 59.1 Å². The first-order valence-electron chi connectivity index (χ1n) is 5.92. The molecule has 0 aliphatic heterocycles. The molecule has 0 spiro atoms. The zero-order chi connectivity index (χ0) is 13.6. The fourth-order valence-corrected chi connectivity index (χ4v) is 3.53. The summed E-state index contributed by atoms with van der Waals surface area (Å²) >= 11 is 1.52. The van der Waals surface area contributed by atoms with Crippen LogP contribution in [0.15, 0.2) is 23.2 Å². The summed E-state index contributed by atoms with van der Waals surface area (Å²) < 4.78 is 22.0. The van der Waals surface area contributed by atoms with Gasteiger partial charge in [-0.1, -0.05) is 6.92 Å². The van der Waals surface area contributed by atoms with E-state index < -0.39 is 9.84 Å². The standard InChI is InChI=1S/C12H20N2O2S2/c1-4-13-10(2)12-6-5-11(9-14-12)17-7-8-18(3,15)16/h5-6,9-10,13H,4,7-8H2,1-3H3. The molecule has 0 amide bonds. The number of hydrogen-bond donors (Lipinski definition) is 1. The van der Waals surface area contributed by atoms with Gasteiger partial charge < -0.3 is 5.32 Å². The lowest BCUT2D eigenvalue weighted by Gasteiger charge is -2.11. The average Bonchev–Trinajstić information content (AvgIpc) is 2.28. The number of sulfone groups is 1. The highest BCUT2D eigenvalue weighted by Crippen LogP contribution is 2.19. The summed E-state index contributed by atoms with van der Waals surface area (Å²) in [5.74, 6) is 0.774. The molecule has 0 saturated carbocycles. The minimum Gasteiger partial charge on any atom is -0.309 e. The van der Waals surface area contributed by atoms with Gasteiger partial charge in [-0.05, 0) is 25.6 Å². The molecule has 0 radical (unpaired) electrons. The maximum Gasteiger partial charge on any atom is 0.148 e. The van der Waals surface area contributed by atoms with E-state index in [1.54, 1.807) is 6.20 Å². The van der Waals surface area contributed by atoms with Crippen LogP contribution in [0.25, 0.3) is 0 Å².